The second-order valence-corrected chi connectivity index (χ2v) is 4.46. The van der Waals surface area contributed by atoms with Crippen LogP contribution in [-0.4, -0.2) is 46.9 Å². The van der Waals surface area contributed by atoms with Crippen molar-refractivity contribution in [1.82, 2.24) is 4.90 Å². The van der Waals surface area contributed by atoms with Crippen LogP contribution < -0.4 is 0 Å². The maximum absolute atomic E-state index is 10.8. The van der Waals surface area contributed by atoms with Crippen molar-refractivity contribution in [3.8, 4) is 5.75 Å². The Labute approximate surface area is 106 Å². The van der Waals surface area contributed by atoms with Gasteiger partial charge in [-0.2, -0.15) is 0 Å². The minimum absolute atomic E-state index is 0.0787. The zero-order chi connectivity index (χ0) is 13.0. The zero-order valence-electron chi connectivity index (χ0n) is 10.1. The van der Waals surface area contributed by atoms with Gasteiger partial charge in [0, 0.05) is 19.1 Å². The Morgan fingerprint density at radius 3 is 2.78 bits per heavy atom. The Kier molecular flexibility index (Phi) is 4.17. The number of nitrogens with zero attached hydrogens (tertiary/aromatic N) is 1. The third kappa shape index (κ3) is 3.45. The fourth-order valence-electron chi connectivity index (χ4n) is 2.12. The molecule has 0 radical (unpaired) electrons. The van der Waals surface area contributed by atoms with Crippen molar-refractivity contribution in [2.45, 2.75) is 19.0 Å². The summed E-state index contributed by atoms with van der Waals surface area (Å²) in [7, 11) is 0. The largest absolute Gasteiger partial charge is 0.508 e. The highest BCUT2D eigenvalue weighted by Gasteiger charge is 2.25. The minimum Gasteiger partial charge on any atom is -0.508 e. The van der Waals surface area contributed by atoms with E-state index in [1.807, 2.05) is 12.1 Å². The lowest BCUT2D eigenvalue weighted by molar-refractivity contribution is -0.140. The number of carbonyl (C=O) groups is 1. The van der Waals surface area contributed by atoms with Crippen molar-refractivity contribution in [3.63, 3.8) is 0 Å². The molecular weight excluding hydrogens is 234 g/mol. The molecule has 0 saturated carbocycles. The number of phenols is 1. The summed E-state index contributed by atoms with van der Waals surface area (Å²) in [6.07, 6.45) is 0.0953. The average Bonchev–Trinajstić information content (AvgIpc) is 2.34. The molecule has 0 aliphatic carbocycles. The van der Waals surface area contributed by atoms with E-state index in [0.717, 1.165) is 12.1 Å². The van der Waals surface area contributed by atoms with Crippen LogP contribution in [0.2, 0.25) is 0 Å². The van der Waals surface area contributed by atoms with Gasteiger partial charge in [-0.05, 0) is 17.7 Å². The number of phenolic OH excluding ortho intramolecular Hbond substituents is 1. The molecule has 1 saturated heterocycles. The molecule has 1 aliphatic heterocycles. The van der Waals surface area contributed by atoms with Gasteiger partial charge >= 0.3 is 5.97 Å². The highest BCUT2D eigenvalue weighted by atomic mass is 16.5. The van der Waals surface area contributed by atoms with Crippen molar-refractivity contribution >= 4 is 5.97 Å². The van der Waals surface area contributed by atoms with Gasteiger partial charge in [-0.3, -0.25) is 9.69 Å². The molecule has 1 heterocycles. The monoisotopic (exact) mass is 251 g/mol. The molecule has 18 heavy (non-hydrogen) atoms. The second-order valence-electron chi connectivity index (χ2n) is 4.46. The number of ether oxygens (including phenoxy) is 1. The fraction of sp³-hybridized carbons (Fsp3) is 0.462. The SMILES string of the molecule is O=C(O)CC1COCCN1Cc1ccc(O)cc1. The fourth-order valence-corrected chi connectivity index (χ4v) is 2.12. The van der Waals surface area contributed by atoms with E-state index in [1.165, 1.54) is 0 Å². The molecule has 2 N–H and O–H groups in total. The Hall–Kier alpha value is -1.59. The molecule has 1 aromatic carbocycles. The number of hydrogen-bond acceptors (Lipinski definition) is 4. The van der Waals surface area contributed by atoms with Crippen molar-refractivity contribution in [1.29, 1.82) is 0 Å². The number of carboxylic acids is 1. The number of benzene rings is 1. The predicted molar refractivity (Wildman–Crippen MR) is 65.4 cm³/mol. The van der Waals surface area contributed by atoms with E-state index in [0.29, 0.717) is 19.8 Å². The van der Waals surface area contributed by atoms with E-state index in [2.05, 4.69) is 4.90 Å². The number of carboxylic acid groups (broad SMARTS) is 1. The Bertz CT molecular complexity index is 404. The van der Waals surface area contributed by atoms with Crippen LogP contribution in [-0.2, 0) is 16.1 Å². The third-order valence-corrected chi connectivity index (χ3v) is 3.08. The lowest BCUT2D eigenvalue weighted by Crippen LogP contribution is -2.45. The Morgan fingerprint density at radius 1 is 1.39 bits per heavy atom. The van der Waals surface area contributed by atoms with Gasteiger partial charge in [-0.15, -0.1) is 0 Å². The second kappa shape index (κ2) is 5.84. The van der Waals surface area contributed by atoms with Crippen molar-refractivity contribution < 1.29 is 19.7 Å². The van der Waals surface area contributed by atoms with Crippen LogP contribution in [0, 0.1) is 0 Å². The molecule has 98 valence electrons. The number of aromatic hydroxyl groups is 1. The van der Waals surface area contributed by atoms with Crippen molar-refractivity contribution in [2.75, 3.05) is 19.8 Å². The summed E-state index contributed by atoms with van der Waals surface area (Å²) in [6, 6.07) is 6.90. The number of rotatable bonds is 4. The quantitative estimate of drug-likeness (QED) is 0.837. The van der Waals surface area contributed by atoms with Gasteiger partial charge in [-0.25, -0.2) is 0 Å². The average molecular weight is 251 g/mol. The summed E-state index contributed by atoms with van der Waals surface area (Å²) < 4.78 is 5.33. The molecule has 1 aromatic rings. The maximum Gasteiger partial charge on any atom is 0.305 e. The molecule has 1 aliphatic rings. The molecule has 0 amide bonds. The highest BCUT2D eigenvalue weighted by molar-refractivity contribution is 5.67. The van der Waals surface area contributed by atoms with E-state index in [4.69, 9.17) is 9.84 Å². The number of morpholine rings is 1. The highest BCUT2D eigenvalue weighted by Crippen LogP contribution is 2.16. The first kappa shape index (κ1) is 12.9. The number of aliphatic carboxylic acids is 1. The molecular formula is C13H17NO4. The van der Waals surface area contributed by atoms with Crippen LogP contribution in [0.4, 0.5) is 0 Å². The van der Waals surface area contributed by atoms with Gasteiger partial charge in [0.2, 0.25) is 0 Å². The van der Waals surface area contributed by atoms with Crippen molar-refractivity contribution in [2.24, 2.45) is 0 Å². The Morgan fingerprint density at radius 2 is 2.11 bits per heavy atom. The van der Waals surface area contributed by atoms with E-state index in [-0.39, 0.29) is 18.2 Å². The normalized spacial score (nSPS) is 20.8. The topological polar surface area (TPSA) is 70.0 Å². The Balaban J connectivity index is 2.00. The summed E-state index contributed by atoms with van der Waals surface area (Å²) in [5.74, 6) is -0.566. The first-order valence-electron chi connectivity index (χ1n) is 5.96. The van der Waals surface area contributed by atoms with Crippen LogP contribution in [0.5, 0.6) is 5.75 Å². The van der Waals surface area contributed by atoms with E-state index < -0.39 is 5.97 Å². The minimum atomic E-state index is -0.804. The van der Waals surface area contributed by atoms with Crippen LogP contribution in [0.25, 0.3) is 0 Å². The molecule has 2 rings (SSSR count). The van der Waals surface area contributed by atoms with Crippen LogP contribution >= 0.6 is 0 Å². The molecule has 1 atom stereocenters. The van der Waals surface area contributed by atoms with Crippen LogP contribution in [0.1, 0.15) is 12.0 Å². The third-order valence-electron chi connectivity index (χ3n) is 3.08. The van der Waals surface area contributed by atoms with Crippen molar-refractivity contribution in [3.05, 3.63) is 29.8 Å². The molecule has 0 spiro atoms. The summed E-state index contributed by atoms with van der Waals surface area (Å²) >= 11 is 0. The summed E-state index contributed by atoms with van der Waals surface area (Å²) in [5, 5.41) is 18.1. The van der Waals surface area contributed by atoms with Crippen LogP contribution in [0.3, 0.4) is 0 Å². The maximum atomic E-state index is 10.8. The summed E-state index contributed by atoms with van der Waals surface area (Å²) in [4.78, 5) is 12.9. The first-order valence-corrected chi connectivity index (χ1v) is 5.96. The molecule has 1 unspecified atom stereocenters. The standard InChI is InChI=1S/C13H17NO4/c15-12-3-1-10(2-4-12)8-14-5-6-18-9-11(14)7-13(16)17/h1-4,11,15H,5-9H2,(H,16,17). The lowest BCUT2D eigenvalue weighted by Gasteiger charge is -2.34. The predicted octanol–water partition coefficient (Wildman–Crippen LogP) is 1.07. The van der Waals surface area contributed by atoms with Gasteiger partial charge < -0.3 is 14.9 Å². The molecule has 5 nitrogen and oxygen atoms in total. The van der Waals surface area contributed by atoms with E-state index in [1.54, 1.807) is 12.1 Å². The molecule has 1 fully saturated rings. The van der Waals surface area contributed by atoms with E-state index in [9.17, 15) is 9.90 Å². The van der Waals surface area contributed by atoms with E-state index >= 15 is 0 Å². The lowest BCUT2D eigenvalue weighted by atomic mass is 10.1. The summed E-state index contributed by atoms with van der Waals surface area (Å²) in [5.41, 5.74) is 1.06. The van der Waals surface area contributed by atoms with Gasteiger partial charge in [0.1, 0.15) is 5.75 Å². The van der Waals surface area contributed by atoms with Gasteiger partial charge in [0.05, 0.1) is 19.6 Å². The van der Waals surface area contributed by atoms with Crippen LogP contribution in [0.15, 0.2) is 24.3 Å². The van der Waals surface area contributed by atoms with Gasteiger partial charge in [0.25, 0.3) is 0 Å². The van der Waals surface area contributed by atoms with Gasteiger partial charge in [0.15, 0.2) is 0 Å². The smallest absolute Gasteiger partial charge is 0.305 e. The zero-order valence-corrected chi connectivity index (χ0v) is 10.1. The summed E-state index contributed by atoms with van der Waals surface area (Å²) in [6.45, 7) is 2.51. The molecule has 5 heteroatoms. The first-order chi connectivity index (χ1) is 8.65. The number of hydrogen-bond donors (Lipinski definition) is 2. The van der Waals surface area contributed by atoms with Gasteiger partial charge in [-0.1, -0.05) is 12.1 Å². The molecule has 0 aromatic heterocycles. The molecule has 0 bridgehead atoms.